The highest BCUT2D eigenvalue weighted by Crippen LogP contribution is 2.37. The first kappa shape index (κ1) is 12.4. The summed E-state index contributed by atoms with van der Waals surface area (Å²) >= 11 is 0. The van der Waals surface area contributed by atoms with Gasteiger partial charge in [0.25, 0.3) is 0 Å². The van der Waals surface area contributed by atoms with Crippen LogP contribution in [0.3, 0.4) is 0 Å². The van der Waals surface area contributed by atoms with Crippen LogP contribution in [0.2, 0.25) is 0 Å². The molecule has 1 aromatic heterocycles. The molecule has 3 N–H and O–H groups in total. The van der Waals surface area contributed by atoms with Crippen molar-refractivity contribution >= 4 is 11.0 Å². The summed E-state index contributed by atoms with van der Waals surface area (Å²) in [6, 6.07) is 15.9. The molecular weight excluding hydrogens is 264 g/mol. The van der Waals surface area contributed by atoms with Gasteiger partial charge >= 0.3 is 0 Å². The average molecular weight is 280 g/mol. The van der Waals surface area contributed by atoms with Crippen LogP contribution in [0.15, 0.2) is 52.9 Å². The van der Waals surface area contributed by atoms with Crippen LogP contribution in [0.5, 0.6) is 5.75 Å². The van der Waals surface area contributed by atoms with E-state index in [1.54, 1.807) is 0 Å². The first-order valence-corrected chi connectivity index (χ1v) is 7.06. The minimum Gasteiger partial charge on any atom is -0.493 e. The van der Waals surface area contributed by atoms with Gasteiger partial charge in [0.05, 0.1) is 6.61 Å². The smallest absolute Gasteiger partial charge is 0.134 e. The number of furan rings is 1. The van der Waals surface area contributed by atoms with Crippen LogP contribution < -0.4 is 16.0 Å². The molecule has 1 aliphatic rings. The summed E-state index contributed by atoms with van der Waals surface area (Å²) in [7, 11) is 0. The van der Waals surface area contributed by atoms with Gasteiger partial charge in [-0.15, -0.1) is 0 Å². The third-order valence-corrected chi connectivity index (χ3v) is 3.95. The van der Waals surface area contributed by atoms with Gasteiger partial charge in [0, 0.05) is 17.4 Å². The molecule has 0 radical (unpaired) electrons. The molecule has 2 aromatic carbocycles. The largest absolute Gasteiger partial charge is 0.493 e. The molecule has 3 aromatic rings. The van der Waals surface area contributed by atoms with Crippen LogP contribution in [0, 0.1) is 0 Å². The maximum absolute atomic E-state index is 5.94. The molecule has 0 bridgehead atoms. The molecule has 1 atom stereocenters. The van der Waals surface area contributed by atoms with E-state index in [1.807, 2.05) is 42.5 Å². The Morgan fingerprint density at radius 3 is 2.86 bits per heavy atom. The first-order chi connectivity index (χ1) is 10.4. The van der Waals surface area contributed by atoms with E-state index in [9.17, 15) is 0 Å². The Morgan fingerprint density at radius 2 is 2.00 bits per heavy atom. The monoisotopic (exact) mass is 280 g/mol. The lowest BCUT2D eigenvalue weighted by atomic mass is 10.0. The molecule has 4 nitrogen and oxygen atoms in total. The second kappa shape index (κ2) is 4.91. The minimum absolute atomic E-state index is 0.217. The standard InChI is InChI=1S/C17H16N2O2/c18-19-16(13-6-3-5-11-8-9-20-17(11)13)15-10-12-4-1-2-7-14(12)21-15/h1-7,10,16,19H,8-9,18H2. The zero-order valence-corrected chi connectivity index (χ0v) is 11.5. The van der Waals surface area contributed by atoms with Crippen molar-refractivity contribution in [3.05, 3.63) is 65.4 Å². The molecule has 0 saturated heterocycles. The summed E-state index contributed by atoms with van der Waals surface area (Å²) in [4.78, 5) is 0. The number of rotatable bonds is 3. The van der Waals surface area contributed by atoms with E-state index in [0.29, 0.717) is 0 Å². The molecule has 106 valence electrons. The number of benzene rings is 2. The molecule has 0 saturated carbocycles. The van der Waals surface area contributed by atoms with Crippen molar-refractivity contribution in [2.45, 2.75) is 12.5 Å². The van der Waals surface area contributed by atoms with Crippen LogP contribution >= 0.6 is 0 Å². The summed E-state index contributed by atoms with van der Waals surface area (Å²) < 4.78 is 11.7. The molecule has 0 fully saturated rings. The number of nitrogens with two attached hydrogens (primary N) is 1. The van der Waals surface area contributed by atoms with Gasteiger partial charge in [-0.1, -0.05) is 36.4 Å². The summed E-state index contributed by atoms with van der Waals surface area (Å²) in [5.41, 5.74) is 5.96. The van der Waals surface area contributed by atoms with Crippen LogP contribution in [-0.2, 0) is 6.42 Å². The zero-order valence-electron chi connectivity index (χ0n) is 11.5. The molecule has 0 spiro atoms. The highest BCUT2D eigenvalue weighted by Gasteiger charge is 2.25. The van der Waals surface area contributed by atoms with Crippen molar-refractivity contribution in [1.82, 2.24) is 5.43 Å². The van der Waals surface area contributed by atoms with E-state index in [2.05, 4.69) is 11.5 Å². The highest BCUT2D eigenvalue weighted by molar-refractivity contribution is 5.78. The van der Waals surface area contributed by atoms with Crippen molar-refractivity contribution in [3.8, 4) is 5.75 Å². The first-order valence-electron chi connectivity index (χ1n) is 7.06. The number of hydrogen-bond acceptors (Lipinski definition) is 4. The van der Waals surface area contributed by atoms with E-state index in [4.69, 9.17) is 15.0 Å². The molecule has 2 heterocycles. The summed E-state index contributed by atoms with van der Waals surface area (Å²) in [5, 5.41) is 1.07. The summed E-state index contributed by atoms with van der Waals surface area (Å²) in [6.45, 7) is 0.726. The Labute approximate surface area is 122 Å². The molecule has 0 aliphatic carbocycles. The van der Waals surface area contributed by atoms with Crippen molar-refractivity contribution in [3.63, 3.8) is 0 Å². The van der Waals surface area contributed by atoms with Crippen molar-refractivity contribution in [2.24, 2.45) is 5.84 Å². The SMILES string of the molecule is NNC(c1cc2ccccc2o1)c1cccc2c1OCC2. The number of hydrazine groups is 1. The van der Waals surface area contributed by atoms with Gasteiger partial charge in [0.15, 0.2) is 0 Å². The second-order valence-corrected chi connectivity index (χ2v) is 5.22. The van der Waals surface area contributed by atoms with Crippen LogP contribution in [0.4, 0.5) is 0 Å². The molecule has 1 aliphatic heterocycles. The quantitative estimate of drug-likeness (QED) is 0.572. The maximum Gasteiger partial charge on any atom is 0.134 e. The van der Waals surface area contributed by atoms with Crippen molar-refractivity contribution in [1.29, 1.82) is 0 Å². The van der Waals surface area contributed by atoms with E-state index in [0.717, 1.165) is 41.1 Å². The normalized spacial score (nSPS) is 14.9. The molecule has 0 amide bonds. The summed E-state index contributed by atoms with van der Waals surface area (Å²) in [6.07, 6.45) is 0.945. The lowest BCUT2D eigenvalue weighted by Gasteiger charge is -2.16. The Bertz CT molecular complexity index is 761. The topological polar surface area (TPSA) is 60.4 Å². The van der Waals surface area contributed by atoms with E-state index >= 15 is 0 Å². The van der Waals surface area contributed by atoms with Crippen LogP contribution in [-0.4, -0.2) is 6.61 Å². The van der Waals surface area contributed by atoms with Crippen LogP contribution in [0.25, 0.3) is 11.0 Å². The fraction of sp³-hybridized carbons (Fsp3) is 0.176. The highest BCUT2D eigenvalue weighted by atomic mass is 16.5. The number of hydrogen-bond donors (Lipinski definition) is 2. The number of fused-ring (bicyclic) bond motifs is 2. The Balaban J connectivity index is 1.83. The minimum atomic E-state index is -0.217. The van der Waals surface area contributed by atoms with Gasteiger partial charge in [-0.2, -0.15) is 0 Å². The second-order valence-electron chi connectivity index (χ2n) is 5.22. The number of para-hydroxylation sites is 2. The van der Waals surface area contributed by atoms with Crippen molar-refractivity contribution in [2.75, 3.05) is 6.61 Å². The lowest BCUT2D eigenvalue weighted by Crippen LogP contribution is -2.28. The summed E-state index contributed by atoms with van der Waals surface area (Å²) in [5.74, 6) is 7.51. The van der Waals surface area contributed by atoms with Gasteiger partial charge in [-0.05, 0) is 17.7 Å². The molecule has 4 heteroatoms. The Morgan fingerprint density at radius 1 is 1.10 bits per heavy atom. The molecule has 21 heavy (non-hydrogen) atoms. The molecule has 4 rings (SSSR count). The third kappa shape index (κ3) is 2.00. The predicted octanol–water partition coefficient (Wildman–Crippen LogP) is 2.92. The van der Waals surface area contributed by atoms with Crippen molar-refractivity contribution < 1.29 is 9.15 Å². The predicted molar refractivity (Wildman–Crippen MR) is 81.0 cm³/mol. The Kier molecular flexibility index (Phi) is 2.91. The lowest BCUT2D eigenvalue weighted by molar-refractivity contribution is 0.348. The van der Waals surface area contributed by atoms with E-state index in [-0.39, 0.29) is 6.04 Å². The zero-order chi connectivity index (χ0) is 14.2. The fourth-order valence-corrected chi connectivity index (χ4v) is 2.94. The third-order valence-electron chi connectivity index (χ3n) is 3.95. The van der Waals surface area contributed by atoms with Crippen LogP contribution in [0.1, 0.15) is 22.9 Å². The maximum atomic E-state index is 5.94. The average Bonchev–Trinajstić information content (AvgIpc) is 3.14. The molecule has 1 unspecified atom stereocenters. The van der Waals surface area contributed by atoms with Gasteiger partial charge < -0.3 is 9.15 Å². The fourth-order valence-electron chi connectivity index (χ4n) is 2.94. The Hall–Kier alpha value is -2.30. The number of nitrogens with one attached hydrogen (secondary N) is 1. The van der Waals surface area contributed by atoms with Gasteiger partial charge in [0.2, 0.25) is 0 Å². The van der Waals surface area contributed by atoms with E-state index in [1.165, 1.54) is 5.56 Å². The van der Waals surface area contributed by atoms with Gasteiger partial charge in [-0.25, -0.2) is 5.43 Å². The molecular formula is C17H16N2O2. The van der Waals surface area contributed by atoms with E-state index < -0.39 is 0 Å². The van der Waals surface area contributed by atoms with Gasteiger partial charge in [-0.3, -0.25) is 5.84 Å². The van der Waals surface area contributed by atoms with Gasteiger partial charge in [0.1, 0.15) is 23.1 Å². The number of ether oxygens (including phenoxy) is 1.